The van der Waals surface area contributed by atoms with Crippen LogP contribution in [0.15, 0.2) is 81.4 Å². The van der Waals surface area contributed by atoms with Crippen molar-refractivity contribution in [3.8, 4) is 0 Å². The van der Waals surface area contributed by atoms with E-state index in [0.717, 1.165) is 21.0 Å². The molecule has 140 valence electrons. The molecule has 3 aromatic rings. The van der Waals surface area contributed by atoms with Crippen molar-refractivity contribution in [3.05, 3.63) is 82.3 Å². The molecule has 0 spiro atoms. The minimum atomic E-state index is -0.156. The van der Waals surface area contributed by atoms with E-state index in [-0.39, 0.29) is 11.2 Å². The van der Waals surface area contributed by atoms with E-state index in [1.54, 1.807) is 11.1 Å². The maximum absolute atomic E-state index is 12.7. The molecule has 1 unspecified atom stereocenters. The molecule has 0 saturated carbocycles. The topological polar surface area (TPSA) is 45.0 Å². The Labute approximate surface area is 176 Å². The van der Waals surface area contributed by atoms with Gasteiger partial charge in [-0.2, -0.15) is 5.10 Å². The largest absolute Gasteiger partial charge is 0.284 e. The van der Waals surface area contributed by atoms with Gasteiger partial charge in [-0.1, -0.05) is 82.3 Å². The minimum Gasteiger partial charge on any atom is -0.284 e. The zero-order valence-electron chi connectivity index (χ0n) is 15.2. The molecule has 4 nitrogen and oxygen atoms in total. The summed E-state index contributed by atoms with van der Waals surface area (Å²) in [5.41, 5.74) is 2.06. The summed E-state index contributed by atoms with van der Waals surface area (Å²) in [5.74, 6) is 0.0653. The summed E-state index contributed by atoms with van der Waals surface area (Å²) in [6.07, 6.45) is 1.70. The van der Waals surface area contributed by atoms with Crippen molar-refractivity contribution in [3.63, 3.8) is 0 Å². The number of nitrogens with zero attached hydrogens (tertiary/aromatic N) is 3. The molecule has 1 atom stereocenters. The van der Waals surface area contributed by atoms with Crippen LogP contribution in [0.2, 0.25) is 0 Å². The number of fused-ring (bicyclic) bond motifs is 1. The van der Waals surface area contributed by atoms with E-state index in [9.17, 15) is 4.79 Å². The number of amides is 1. The number of carbonyl (C=O) groups excluding carboxylic acids is 1. The number of halogens is 1. The van der Waals surface area contributed by atoms with Crippen LogP contribution in [0, 0.1) is 0 Å². The molecule has 1 amide bonds. The lowest BCUT2D eigenvalue weighted by Gasteiger charge is -2.17. The first kappa shape index (κ1) is 18.9. The predicted octanol–water partition coefficient (Wildman–Crippen LogP) is 5.46. The smallest absolute Gasteiger partial charge is 0.242 e. The SMILES string of the molecule is CC1SC(=NN=Cc2ccc(Br)cc2)N(Cc2cccc3ccccc23)C1=O. The van der Waals surface area contributed by atoms with Crippen molar-refractivity contribution in [1.82, 2.24) is 4.90 Å². The third kappa shape index (κ3) is 4.03. The first-order chi connectivity index (χ1) is 13.6. The van der Waals surface area contributed by atoms with Gasteiger partial charge in [-0.15, -0.1) is 5.10 Å². The molecule has 3 aromatic carbocycles. The summed E-state index contributed by atoms with van der Waals surface area (Å²) < 4.78 is 1.02. The van der Waals surface area contributed by atoms with Crippen LogP contribution in [0.3, 0.4) is 0 Å². The third-order valence-electron chi connectivity index (χ3n) is 4.56. The standard InChI is InChI=1S/C22H18BrN3OS/c1-15-21(27)26(14-18-7-4-6-17-5-2-3-8-20(17)18)22(28-15)25-24-13-16-9-11-19(23)12-10-16/h2-13,15H,14H2,1H3. The normalized spacial score (nSPS) is 18.6. The molecule has 6 heteroatoms. The molecule has 1 saturated heterocycles. The van der Waals surface area contributed by atoms with Gasteiger partial charge < -0.3 is 0 Å². The van der Waals surface area contributed by atoms with Crippen LogP contribution in [-0.4, -0.2) is 27.4 Å². The fourth-order valence-corrected chi connectivity index (χ4v) is 4.29. The third-order valence-corrected chi connectivity index (χ3v) is 6.15. The van der Waals surface area contributed by atoms with E-state index in [4.69, 9.17) is 0 Å². The van der Waals surface area contributed by atoms with Crippen LogP contribution in [0.25, 0.3) is 10.8 Å². The lowest BCUT2D eigenvalue weighted by Crippen LogP contribution is -2.30. The summed E-state index contributed by atoms with van der Waals surface area (Å²) in [4.78, 5) is 14.4. The lowest BCUT2D eigenvalue weighted by molar-refractivity contribution is -0.126. The Kier molecular flexibility index (Phi) is 5.59. The highest BCUT2D eigenvalue weighted by molar-refractivity contribution is 9.10. The Balaban J connectivity index is 1.60. The lowest BCUT2D eigenvalue weighted by atomic mass is 10.0. The number of benzene rings is 3. The van der Waals surface area contributed by atoms with Gasteiger partial charge in [0, 0.05) is 4.47 Å². The maximum Gasteiger partial charge on any atom is 0.242 e. The summed E-state index contributed by atoms with van der Waals surface area (Å²) in [6, 6.07) is 22.2. The Bertz CT molecular complexity index is 1070. The maximum atomic E-state index is 12.7. The summed E-state index contributed by atoms with van der Waals surface area (Å²) >= 11 is 4.87. The van der Waals surface area contributed by atoms with Gasteiger partial charge in [-0.25, -0.2) is 0 Å². The quantitative estimate of drug-likeness (QED) is 0.390. The average molecular weight is 452 g/mol. The summed E-state index contributed by atoms with van der Waals surface area (Å²) in [5, 5.41) is 11.4. The van der Waals surface area contributed by atoms with E-state index < -0.39 is 0 Å². The van der Waals surface area contributed by atoms with Gasteiger partial charge in [0.05, 0.1) is 18.0 Å². The fourth-order valence-electron chi connectivity index (χ4n) is 3.10. The Morgan fingerprint density at radius 1 is 1.07 bits per heavy atom. The first-order valence-corrected chi connectivity index (χ1v) is 10.6. The van der Waals surface area contributed by atoms with Crippen molar-refractivity contribution in [2.75, 3.05) is 0 Å². The van der Waals surface area contributed by atoms with E-state index in [2.05, 4.69) is 50.4 Å². The van der Waals surface area contributed by atoms with Gasteiger partial charge in [0.2, 0.25) is 5.91 Å². The number of hydrogen-bond acceptors (Lipinski definition) is 4. The Morgan fingerprint density at radius 2 is 1.82 bits per heavy atom. The number of thioether (sulfide) groups is 1. The number of amidine groups is 1. The van der Waals surface area contributed by atoms with E-state index in [1.807, 2.05) is 49.4 Å². The molecule has 1 aliphatic heterocycles. The highest BCUT2D eigenvalue weighted by Gasteiger charge is 2.35. The number of hydrogen-bond donors (Lipinski definition) is 0. The zero-order valence-corrected chi connectivity index (χ0v) is 17.7. The van der Waals surface area contributed by atoms with E-state index in [0.29, 0.717) is 11.7 Å². The second-order valence-corrected chi connectivity index (χ2v) is 8.73. The van der Waals surface area contributed by atoms with Crippen LogP contribution in [-0.2, 0) is 11.3 Å². The molecule has 1 fully saturated rings. The molecule has 1 heterocycles. The average Bonchev–Trinajstić information content (AvgIpc) is 2.97. The molecule has 0 aromatic heterocycles. The second kappa shape index (κ2) is 8.29. The van der Waals surface area contributed by atoms with Gasteiger partial charge >= 0.3 is 0 Å². The van der Waals surface area contributed by atoms with Gasteiger partial charge in [0.25, 0.3) is 0 Å². The van der Waals surface area contributed by atoms with Gasteiger partial charge in [0.1, 0.15) is 0 Å². The van der Waals surface area contributed by atoms with Gasteiger partial charge in [0.15, 0.2) is 5.17 Å². The Hall–Kier alpha value is -2.44. The monoisotopic (exact) mass is 451 g/mol. The predicted molar refractivity (Wildman–Crippen MR) is 121 cm³/mol. The molecule has 0 aliphatic carbocycles. The van der Waals surface area contributed by atoms with E-state index in [1.165, 1.54) is 17.1 Å². The fraction of sp³-hybridized carbons (Fsp3) is 0.136. The molecular weight excluding hydrogens is 434 g/mol. The van der Waals surface area contributed by atoms with Crippen LogP contribution >= 0.6 is 27.7 Å². The van der Waals surface area contributed by atoms with Crippen molar-refractivity contribution >= 4 is 55.8 Å². The van der Waals surface area contributed by atoms with Crippen LogP contribution < -0.4 is 0 Å². The molecule has 0 bridgehead atoms. The highest BCUT2D eigenvalue weighted by atomic mass is 79.9. The van der Waals surface area contributed by atoms with Crippen molar-refractivity contribution < 1.29 is 4.79 Å². The second-order valence-electron chi connectivity index (χ2n) is 6.50. The molecule has 1 aliphatic rings. The van der Waals surface area contributed by atoms with Crippen LogP contribution in [0.1, 0.15) is 18.1 Å². The zero-order chi connectivity index (χ0) is 19.5. The molecular formula is C22H18BrN3OS. The molecule has 28 heavy (non-hydrogen) atoms. The van der Waals surface area contributed by atoms with Crippen LogP contribution in [0.4, 0.5) is 0 Å². The number of rotatable bonds is 4. The van der Waals surface area contributed by atoms with Crippen molar-refractivity contribution in [2.24, 2.45) is 10.2 Å². The van der Waals surface area contributed by atoms with Gasteiger partial charge in [-0.3, -0.25) is 9.69 Å². The first-order valence-electron chi connectivity index (χ1n) is 8.93. The molecule has 4 rings (SSSR count). The minimum absolute atomic E-state index is 0.0653. The molecule has 0 radical (unpaired) electrons. The van der Waals surface area contributed by atoms with Crippen molar-refractivity contribution in [1.29, 1.82) is 0 Å². The summed E-state index contributed by atoms with van der Waals surface area (Å²) in [7, 11) is 0. The Morgan fingerprint density at radius 3 is 2.64 bits per heavy atom. The molecule has 0 N–H and O–H groups in total. The van der Waals surface area contributed by atoms with Crippen LogP contribution in [0.5, 0.6) is 0 Å². The summed E-state index contributed by atoms with van der Waals surface area (Å²) in [6.45, 7) is 2.40. The number of carbonyl (C=O) groups is 1. The van der Waals surface area contributed by atoms with E-state index >= 15 is 0 Å². The highest BCUT2D eigenvalue weighted by Crippen LogP contribution is 2.30. The van der Waals surface area contributed by atoms with Gasteiger partial charge in [-0.05, 0) is 41.0 Å². The van der Waals surface area contributed by atoms with Crippen molar-refractivity contribution in [2.45, 2.75) is 18.7 Å².